The standard InChI is InChI=1S/C21H28N4O3S2/c1-13-10-14(2)19(15(3)11-13)30(27,28)25-9-8-17-18(12-25)29-21(23-17)24-20(26)22-16-6-4-5-7-16/h10-11,16H,4-9,12H2,1-3H3,(H2,22,23,24,26). The maximum atomic E-state index is 13.4. The summed E-state index contributed by atoms with van der Waals surface area (Å²) in [5.74, 6) is 0. The summed E-state index contributed by atoms with van der Waals surface area (Å²) in [7, 11) is -3.60. The molecule has 2 amide bonds. The van der Waals surface area contributed by atoms with Crippen LogP contribution >= 0.6 is 11.3 Å². The van der Waals surface area contributed by atoms with E-state index in [1.165, 1.54) is 15.6 Å². The second-order valence-corrected chi connectivity index (χ2v) is 11.2. The van der Waals surface area contributed by atoms with Gasteiger partial charge in [-0.1, -0.05) is 41.9 Å². The summed E-state index contributed by atoms with van der Waals surface area (Å²) < 4.78 is 28.2. The number of amides is 2. The second kappa shape index (κ2) is 8.28. The summed E-state index contributed by atoms with van der Waals surface area (Å²) in [6.07, 6.45) is 4.89. The Bertz CT molecular complexity index is 1050. The van der Waals surface area contributed by atoms with Gasteiger partial charge in [0.2, 0.25) is 10.0 Å². The van der Waals surface area contributed by atoms with Crippen molar-refractivity contribution < 1.29 is 13.2 Å². The highest BCUT2D eigenvalue weighted by Crippen LogP contribution is 2.33. The molecule has 0 saturated heterocycles. The van der Waals surface area contributed by atoms with Gasteiger partial charge in [-0.05, 0) is 44.7 Å². The number of aryl methyl sites for hydroxylation is 3. The fraction of sp³-hybridized carbons (Fsp3) is 0.524. The molecule has 7 nitrogen and oxygen atoms in total. The number of carbonyl (C=O) groups is 1. The Morgan fingerprint density at radius 2 is 1.83 bits per heavy atom. The molecule has 2 aliphatic rings. The second-order valence-electron chi connectivity index (χ2n) is 8.29. The van der Waals surface area contributed by atoms with Crippen LogP contribution in [0.1, 0.15) is 52.9 Å². The minimum Gasteiger partial charge on any atom is -0.335 e. The first-order chi connectivity index (χ1) is 14.2. The van der Waals surface area contributed by atoms with E-state index in [2.05, 4.69) is 15.6 Å². The van der Waals surface area contributed by atoms with Crippen molar-refractivity contribution in [1.29, 1.82) is 0 Å². The molecule has 1 saturated carbocycles. The number of fused-ring (bicyclic) bond motifs is 1. The molecular weight excluding hydrogens is 420 g/mol. The molecule has 2 aromatic rings. The zero-order valence-electron chi connectivity index (χ0n) is 17.6. The van der Waals surface area contributed by atoms with Gasteiger partial charge in [0.25, 0.3) is 0 Å². The molecule has 1 aliphatic carbocycles. The number of aromatic nitrogens is 1. The molecule has 0 spiro atoms. The predicted octanol–water partition coefficient (Wildman–Crippen LogP) is 3.88. The molecule has 0 atom stereocenters. The SMILES string of the molecule is Cc1cc(C)c(S(=O)(=O)N2CCc3nc(NC(=O)NC4CCCC4)sc3C2)c(C)c1. The van der Waals surface area contributed by atoms with E-state index >= 15 is 0 Å². The maximum absolute atomic E-state index is 13.4. The zero-order valence-corrected chi connectivity index (χ0v) is 19.3. The first-order valence-electron chi connectivity index (χ1n) is 10.4. The third-order valence-electron chi connectivity index (χ3n) is 5.81. The molecule has 30 heavy (non-hydrogen) atoms. The number of anilines is 1. The normalized spacial score (nSPS) is 17.7. The lowest BCUT2D eigenvalue weighted by molar-refractivity contribution is 0.248. The molecule has 4 rings (SSSR count). The largest absolute Gasteiger partial charge is 0.335 e. The van der Waals surface area contributed by atoms with Gasteiger partial charge in [0, 0.05) is 23.9 Å². The number of thiazole rings is 1. The average molecular weight is 449 g/mol. The number of nitrogens with zero attached hydrogens (tertiary/aromatic N) is 2. The summed E-state index contributed by atoms with van der Waals surface area (Å²) in [4.78, 5) is 18.0. The first kappa shape index (κ1) is 21.3. The molecule has 2 N–H and O–H groups in total. The zero-order chi connectivity index (χ0) is 21.5. The topological polar surface area (TPSA) is 91.4 Å². The lowest BCUT2D eigenvalue weighted by atomic mass is 10.1. The molecule has 1 aliphatic heterocycles. The van der Waals surface area contributed by atoms with E-state index in [4.69, 9.17) is 0 Å². The van der Waals surface area contributed by atoms with E-state index < -0.39 is 10.0 Å². The van der Waals surface area contributed by atoms with Crippen molar-refractivity contribution in [3.63, 3.8) is 0 Å². The molecule has 0 bridgehead atoms. The van der Waals surface area contributed by atoms with Gasteiger partial charge in [-0.15, -0.1) is 0 Å². The number of hydrogen-bond donors (Lipinski definition) is 2. The van der Waals surface area contributed by atoms with Gasteiger partial charge in [0.15, 0.2) is 5.13 Å². The summed E-state index contributed by atoms with van der Waals surface area (Å²) in [5, 5.41) is 6.34. The average Bonchev–Trinajstić information content (AvgIpc) is 3.28. The third-order valence-corrected chi connectivity index (χ3v) is 8.96. The summed E-state index contributed by atoms with van der Waals surface area (Å²) >= 11 is 1.36. The highest BCUT2D eigenvalue weighted by molar-refractivity contribution is 7.89. The Labute approximate surface area is 181 Å². The number of carbonyl (C=O) groups excluding carboxylic acids is 1. The van der Waals surface area contributed by atoms with Gasteiger partial charge in [0.05, 0.1) is 17.1 Å². The summed E-state index contributed by atoms with van der Waals surface area (Å²) in [6, 6.07) is 3.82. The van der Waals surface area contributed by atoms with Crippen LogP contribution in [0.5, 0.6) is 0 Å². The van der Waals surface area contributed by atoms with Gasteiger partial charge >= 0.3 is 6.03 Å². The van der Waals surface area contributed by atoms with Crippen molar-refractivity contribution in [3.8, 4) is 0 Å². The molecular formula is C21H28N4O3S2. The van der Waals surface area contributed by atoms with Gasteiger partial charge in [0.1, 0.15) is 0 Å². The van der Waals surface area contributed by atoms with Crippen LogP contribution in [-0.4, -0.2) is 36.3 Å². The van der Waals surface area contributed by atoms with Crippen LogP contribution in [0.4, 0.5) is 9.93 Å². The number of benzene rings is 1. The first-order valence-corrected chi connectivity index (χ1v) is 12.6. The third kappa shape index (κ3) is 4.24. The van der Waals surface area contributed by atoms with E-state index in [9.17, 15) is 13.2 Å². The smallest absolute Gasteiger partial charge is 0.321 e. The molecule has 9 heteroatoms. The van der Waals surface area contributed by atoms with E-state index in [0.717, 1.165) is 52.9 Å². The lowest BCUT2D eigenvalue weighted by Crippen LogP contribution is -2.36. The van der Waals surface area contributed by atoms with Crippen molar-refractivity contribution in [2.45, 2.75) is 70.4 Å². The maximum Gasteiger partial charge on any atom is 0.321 e. The fourth-order valence-corrected chi connectivity index (χ4v) is 7.44. The monoisotopic (exact) mass is 448 g/mol. The highest BCUT2D eigenvalue weighted by Gasteiger charge is 2.32. The van der Waals surface area contributed by atoms with Crippen LogP contribution in [-0.2, 0) is 23.0 Å². The Kier molecular flexibility index (Phi) is 5.87. The van der Waals surface area contributed by atoms with Crippen molar-refractivity contribution in [2.75, 3.05) is 11.9 Å². The summed E-state index contributed by atoms with van der Waals surface area (Å²) in [5.41, 5.74) is 3.47. The summed E-state index contributed by atoms with van der Waals surface area (Å²) in [6.45, 7) is 6.34. The Morgan fingerprint density at radius 1 is 1.17 bits per heavy atom. The molecule has 2 heterocycles. The number of nitrogens with one attached hydrogen (secondary N) is 2. The molecule has 0 radical (unpaired) electrons. The van der Waals surface area contributed by atoms with Crippen LogP contribution in [0, 0.1) is 20.8 Å². The minimum absolute atomic E-state index is 0.233. The fourth-order valence-electron chi connectivity index (χ4n) is 4.52. The highest BCUT2D eigenvalue weighted by atomic mass is 32.2. The van der Waals surface area contributed by atoms with Crippen LogP contribution < -0.4 is 10.6 Å². The number of sulfonamides is 1. The Morgan fingerprint density at radius 3 is 2.50 bits per heavy atom. The molecule has 162 valence electrons. The molecule has 1 aromatic carbocycles. The minimum atomic E-state index is -3.60. The molecule has 0 unspecified atom stereocenters. The van der Waals surface area contributed by atoms with Gasteiger partial charge in [-0.3, -0.25) is 5.32 Å². The number of rotatable bonds is 4. The van der Waals surface area contributed by atoms with Crippen molar-refractivity contribution in [1.82, 2.24) is 14.6 Å². The quantitative estimate of drug-likeness (QED) is 0.743. The van der Waals surface area contributed by atoms with Gasteiger partial charge in [-0.25, -0.2) is 18.2 Å². The van der Waals surface area contributed by atoms with Crippen LogP contribution in [0.25, 0.3) is 0 Å². The Balaban J connectivity index is 1.49. The van der Waals surface area contributed by atoms with Crippen LogP contribution in [0.2, 0.25) is 0 Å². The Hall–Kier alpha value is -1.97. The van der Waals surface area contributed by atoms with Crippen LogP contribution in [0.15, 0.2) is 17.0 Å². The number of urea groups is 1. The lowest BCUT2D eigenvalue weighted by Gasteiger charge is -2.27. The number of hydrogen-bond acceptors (Lipinski definition) is 5. The van der Waals surface area contributed by atoms with E-state index in [-0.39, 0.29) is 18.6 Å². The molecule has 1 aromatic heterocycles. The van der Waals surface area contributed by atoms with E-state index in [1.54, 1.807) is 0 Å². The van der Waals surface area contributed by atoms with Gasteiger partial charge in [-0.2, -0.15) is 4.31 Å². The van der Waals surface area contributed by atoms with Crippen LogP contribution in [0.3, 0.4) is 0 Å². The van der Waals surface area contributed by atoms with E-state index in [1.807, 2.05) is 32.9 Å². The predicted molar refractivity (Wildman–Crippen MR) is 118 cm³/mol. The van der Waals surface area contributed by atoms with Crippen molar-refractivity contribution in [2.24, 2.45) is 0 Å². The van der Waals surface area contributed by atoms with Gasteiger partial charge < -0.3 is 5.32 Å². The molecule has 1 fully saturated rings. The van der Waals surface area contributed by atoms with Crippen molar-refractivity contribution in [3.05, 3.63) is 39.4 Å². The van der Waals surface area contributed by atoms with Crippen molar-refractivity contribution >= 4 is 32.5 Å². The van der Waals surface area contributed by atoms with E-state index in [0.29, 0.717) is 23.0 Å².